The van der Waals surface area contributed by atoms with Crippen LogP contribution in [-0.4, -0.2) is 17.8 Å². The summed E-state index contributed by atoms with van der Waals surface area (Å²) >= 11 is 0. The lowest BCUT2D eigenvalue weighted by Gasteiger charge is -2.19. The summed E-state index contributed by atoms with van der Waals surface area (Å²) in [5.74, 6) is -0.935. The predicted octanol–water partition coefficient (Wildman–Crippen LogP) is 3.29. The van der Waals surface area contributed by atoms with Crippen molar-refractivity contribution in [2.24, 2.45) is 0 Å². The molecule has 2 rings (SSSR count). The van der Waals surface area contributed by atoms with Gasteiger partial charge in [-0.2, -0.15) is 0 Å². The van der Waals surface area contributed by atoms with Crippen LogP contribution in [0.4, 0.5) is 0 Å². The van der Waals surface area contributed by atoms with E-state index in [1.54, 1.807) is 25.1 Å². The highest BCUT2D eigenvalue weighted by atomic mass is 16.5. The Hall–Kier alpha value is -3.15. The van der Waals surface area contributed by atoms with Gasteiger partial charge in [-0.3, -0.25) is 25.2 Å². The second-order valence-corrected chi connectivity index (χ2v) is 7.31. The summed E-state index contributed by atoms with van der Waals surface area (Å²) in [6, 6.07) is 11.9. The number of rotatable bonds is 3. The third kappa shape index (κ3) is 5.41. The van der Waals surface area contributed by atoms with Crippen molar-refractivity contribution in [2.75, 3.05) is 0 Å². The minimum absolute atomic E-state index is 0.000978. The highest BCUT2D eigenvalue weighted by molar-refractivity contribution is 5.99. The van der Waals surface area contributed by atoms with Crippen molar-refractivity contribution in [3.8, 4) is 5.75 Å². The zero-order valence-electron chi connectivity index (χ0n) is 16.2. The zero-order chi connectivity index (χ0) is 20.2. The summed E-state index contributed by atoms with van der Waals surface area (Å²) < 4.78 is 4.98. The number of hydrogen-bond donors (Lipinski definition) is 2. The lowest BCUT2D eigenvalue weighted by molar-refractivity contribution is -0.131. The molecule has 6 heteroatoms. The first-order valence-electron chi connectivity index (χ1n) is 8.58. The van der Waals surface area contributed by atoms with E-state index in [1.165, 1.54) is 19.1 Å². The fraction of sp³-hybridized carbons (Fsp3) is 0.286. The molecule has 2 aromatic carbocycles. The first kappa shape index (κ1) is 20.2. The first-order chi connectivity index (χ1) is 12.6. The fourth-order valence-corrected chi connectivity index (χ4v) is 2.50. The molecule has 0 saturated carbocycles. The van der Waals surface area contributed by atoms with Crippen LogP contribution in [0.25, 0.3) is 0 Å². The van der Waals surface area contributed by atoms with Crippen molar-refractivity contribution in [1.82, 2.24) is 10.9 Å². The molecule has 0 bridgehead atoms. The number of aryl methyl sites for hydroxylation is 1. The summed E-state index contributed by atoms with van der Waals surface area (Å²) in [6.45, 7) is 9.31. The first-order valence-corrected chi connectivity index (χ1v) is 8.58. The zero-order valence-corrected chi connectivity index (χ0v) is 16.2. The molecule has 0 aliphatic rings. The van der Waals surface area contributed by atoms with Crippen LogP contribution in [0.15, 0.2) is 42.5 Å². The number of benzene rings is 2. The third-order valence-electron chi connectivity index (χ3n) is 4.01. The summed E-state index contributed by atoms with van der Waals surface area (Å²) in [7, 11) is 0. The summed E-state index contributed by atoms with van der Waals surface area (Å²) in [5.41, 5.74) is 7.36. The molecule has 0 unspecified atom stereocenters. The molecule has 2 aromatic rings. The lowest BCUT2D eigenvalue weighted by Crippen LogP contribution is -2.41. The molecular weight excluding hydrogens is 344 g/mol. The molecule has 0 aliphatic carbocycles. The fourth-order valence-electron chi connectivity index (χ4n) is 2.50. The molecule has 2 amide bonds. The maximum Gasteiger partial charge on any atom is 0.308 e. The summed E-state index contributed by atoms with van der Waals surface area (Å²) in [4.78, 5) is 35.5. The Morgan fingerprint density at radius 3 is 2.00 bits per heavy atom. The molecule has 0 radical (unpaired) electrons. The summed E-state index contributed by atoms with van der Waals surface area (Å²) in [6.07, 6.45) is 0. The van der Waals surface area contributed by atoms with Gasteiger partial charge in [0.1, 0.15) is 5.75 Å². The van der Waals surface area contributed by atoms with Gasteiger partial charge in [-0.15, -0.1) is 0 Å². The van der Waals surface area contributed by atoms with Crippen molar-refractivity contribution in [1.29, 1.82) is 0 Å². The van der Waals surface area contributed by atoms with E-state index >= 15 is 0 Å². The Morgan fingerprint density at radius 1 is 0.889 bits per heavy atom. The Balaban J connectivity index is 2.00. The maximum absolute atomic E-state index is 12.3. The van der Waals surface area contributed by atoms with Gasteiger partial charge >= 0.3 is 5.97 Å². The molecular formula is C21H24N2O4. The highest BCUT2D eigenvalue weighted by Crippen LogP contribution is 2.22. The number of amides is 2. The van der Waals surface area contributed by atoms with Crippen molar-refractivity contribution in [2.45, 2.75) is 40.0 Å². The molecule has 0 aliphatic heterocycles. The Bertz CT molecular complexity index is 865. The number of esters is 1. The van der Waals surface area contributed by atoms with Gasteiger partial charge in [0.25, 0.3) is 11.8 Å². The van der Waals surface area contributed by atoms with Crippen LogP contribution in [0.2, 0.25) is 0 Å². The lowest BCUT2D eigenvalue weighted by atomic mass is 9.87. The Kier molecular flexibility index (Phi) is 6.00. The van der Waals surface area contributed by atoms with Crippen molar-refractivity contribution >= 4 is 17.8 Å². The molecule has 0 fully saturated rings. The second-order valence-electron chi connectivity index (χ2n) is 7.31. The monoisotopic (exact) mass is 368 g/mol. The van der Waals surface area contributed by atoms with E-state index in [4.69, 9.17) is 4.74 Å². The van der Waals surface area contributed by atoms with Gasteiger partial charge in [0.05, 0.1) is 0 Å². The van der Waals surface area contributed by atoms with Gasteiger partial charge in [-0.25, -0.2) is 0 Å². The smallest absolute Gasteiger partial charge is 0.308 e. The van der Waals surface area contributed by atoms with Crippen LogP contribution in [-0.2, 0) is 10.2 Å². The predicted molar refractivity (Wildman–Crippen MR) is 103 cm³/mol. The SMILES string of the molecule is CC(=O)Oc1ccc(C(=O)NNC(=O)c2ccc(C(C)(C)C)cc2)c(C)c1. The number of carbonyl (C=O) groups is 3. The summed E-state index contributed by atoms with van der Waals surface area (Å²) in [5, 5.41) is 0. The number of nitrogens with one attached hydrogen (secondary N) is 2. The average molecular weight is 368 g/mol. The van der Waals surface area contributed by atoms with Crippen molar-refractivity contribution in [3.05, 3.63) is 64.7 Å². The van der Waals surface area contributed by atoms with Crippen LogP contribution >= 0.6 is 0 Å². The van der Waals surface area contributed by atoms with E-state index in [0.717, 1.165) is 5.56 Å². The number of ether oxygens (including phenoxy) is 1. The second kappa shape index (κ2) is 8.03. The van der Waals surface area contributed by atoms with E-state index in [0.29, 0.717) is 22.4 Å². The molecule has 0 aromatic heterocycles. The van der Waals surface area contributed by atoms with Gasteiger partial charge in [0.2, 0.25) is 0 Å². The normalized spacial score (nSPS) is 10.9. The maximum atomic E-state index is 12.3. The van der Waals surface area contributed by atoms with Gasteiger partial charge in [-0.1, -0.05) is 32.9 Å². The minimum Gasteiger partial charge on any atom is -0.427 e. The molecule has 0 atom stereocenters. The van der Waals surface area contributed by atoms with Gasteiger partial charge in [0, 0.05) is 18.1 Å². The van der Waals surface area contributed by atoms with Crippen LogP contribution < -0.4 is 15.6 Å². The van der Waals surface area contributed by atoms with Crippen LogP contribution in [0.5, 0.6) is 5.75 Å². The van der Waals surface area contributed by atoms with Crippen LogP contribution in [0.1, 0.15) is 59.5 Å². The average Bonchev–Trinajstić information content (AvgIpc) is 2.58. The van der Waals surface area contributed by atoms with Crippen LogP contribution in [0.3, 0.4) is 0 Å². The molecule has 0 heterocycles. The molecule has 0 spiro atoms. The van der Waals surface area contributed by atoms with Gasteiger partial charge in [0.15, 0.2) is 0 Å². The number of hydrazine groups is 1. The molecule has 6 nitrogen and oxygen atoms in total. The Morgan fingerprint density at radius 2 is 1.48 bits per heavy atom. The van der Waals surface area contributed by atoms with E-state index in [-0.39, 0.29) is 5.41 Å². The molecule has 0 saturated heterocycles. The standard InChI is InChI=1S/C21H24N2O4/c1-13-12-17(27-14(2)24)10-11-18(13)20(26)23-22-19(25)15-6-8-16(9-7-15)21(3,4)5/h6-12H,1-5H3,(H,22,25)(H,23,26). The third-order valence-corrected chi connectivity index (χ3v) is 4.01. The molecule has 142 valence electrons. The molecule has 27 heavy (non-hydrogen) atoms. The van der Waals surface area contributed by atoms with E-state index in [1.807, 2.05) is 12.1 Å². The largest absolute Gasteiger partial charge is 0.427 e. The van der Waals surface area contributed by atoms with E-state index < -0.39 is 17.8 Å². The van der Waals surface area contributed by atoms with E-state index in [9.17, 15) is 14.4 Å². The quantitative estimate of drug-likeness (QED) is 0.495. The van der Waals surface area contributed by atoms with Gasteiger partial charge < -0.3 is 4.74 Å². The number of hydrogen-bond acceptors (Lipinski definition) is 4. The van der Waals surface area contributed by atoms with E-state index in [2.05, 4.69) is 31.6 Å². The van der Waals surface area contributed by atoms with Crippen molar-refractivity contribution < 1.29 is 19.1 Å². The number of carbonyl (C=O) groups excluding carboxylic acids is 3. The highest BCUT2D eigenvalue weighted by Gasteiger charge is 2.15. The van der Waals surface area contributed by atoms with Crippen LogP contribution in [0, 0.1) is 6.92 Å². The topological polar surface area (TPSA) is 84.5 Å². The van der Waals surface area contributed by atoms with Gasteiger partial charge in [-0.05, 0) is 53.8 Å². The van der Waals surface area contributed by atoms with Crippen molar-refractivity contribution in [3.63, 3.8) is 0 Å². The minimum atomic E-state index is -0.457. The Labute approximate surface area is 158 Å². The molecule has 2 N–H and O–H groups in total.